The third-order valence-electron chi connectivity index (χ3n) is 3.10. The van der Waals surface area contributed by atoms with Crippen LogP contribution < -0.4 is 4.57 Å². The smallest absolute Gasteiger partial charge is 0.212 e. The van der Waals surface area contributed by atoms with E-state index in [2.05, 4.69) is 57.4 Å². The summed E-state index contributed by atoms with van der Waals surface area (Å²) < 4.78 is 6.61. The van der Waals surface area contributed by atoms with Gasteiger partial charge in [0.2, 0.25) is 5.52 Å². The van der Waals surface area contributed by atoms with Crippen LogP contribution in [0.3, 0.4) is 0 Å². The first-order valence-electron chi connectivity index (χ1n) is 6.30. The van der Waals surface area contributed by atoms with E-state index in [1.165, 1.54) is 16.5 Å². The van der Waals surface area contributed by atoms with E-state index in [0.717, 1.165) is 37.2 Å². The van der Waals surface area contributed by atoms with E-state index in [0.29, 0.717) is 0 Å². The van der Waals surface area contributed by atoms with Crippen LogP contribution in [0.1, 0.15) is 18.4 Å². The second kappa shape index (κ2) is 7.45. The molecule has 0 bridgehead atoms. The van der Waals surface area contributed by atoms with Gasteiger partial charge in [0.1, 0.15) is 6.54 Å². The van der Waals surface area contributed by atoms with Gasteiger partial charge in [-0.05, 0) is 25.0 Å². The van der Waals surface area contributed by atoms with Gasteiger partial charge in [-0.15, -0.1) is 4.33 Å². The summed E-state index contributed by atoms with van der Waals surface area (Å²) >= 11 is 1.11. The highest BCUT2D eigenvalue weighted by molar-refractivity contribution is 7.94. The minimum Gasteiger partial charge on any atom is -0.220 e. The summed E-state index contributed by atoms with van der Waals surface area (Å²) in [6.07, 6.45) is 4.20. The third kappa shape index (κ3) is 3.91. The Kier molecular flexibility index (Phi) is 5.60. The molecule has 4 nitrogen and oxygen atoms in total. The largest absolute Gasteiger partial charge is 0.220 e. The topological polar surface area (TPSA) is 42.6 Å². The predicted octanol–water partition coefficient (Wildman–Crippen LogP) is 3.29. The lowest BCUT2D eigenvalue weighted by molar-refractivity contribution is -0.671. The summed E-state index contributed by atoms with van der Waals surface area (Å²) in [6, 6.07) is 10.6. The molecule has 0 aliphatic heterocycles. The molecular formula is C14H18NO3S+. The average Bonchev–Trinajstić information content (AvgIpc) is 2.45. The van der Waals surface area contributed by atoms with Crippen LogP contribution in [0.4, 0.5) is 0 Å². The standard InChI is InChI=1S/C14H17NO3S/c1-12-8-10-15(9-4-5-11-19-18-17-16)14-7-3-2-6-13(12)14/h2-3,6-8,10H,4-5,9,11H2,1H3/p+1. The molecule has 0 amide bonds. The highest BCUT2D eigenvalue weighted by Gasteiger charge is 2.09. The molecule has 0 aliphatic carbocycles. The summed E-state index contributed by atoms with van der Waals surface area (Å²) in [5.41, 5.74) is 2.57. The van der Waals surface area contributed by atoms with Crippen molar-refractivity contribution in [2.45, 2.75) is 26.3 Å². The van der Waals surface area contributed by atoms with Gasteiger partial charge in [-0.2, -0.15) is 4.57 Å². The number of aromatic nitrogens is 1. The quantitative estimate of drug-likeness (QED) is 0.278. The maximum absolute atomic E-state index is 8.00. The van der Waals surface area contributed by atoms with E-state index in [1.54, 1.807) is 0 Å². The zero-order chi connectivity index (χ0) is 13.5. The van der Waals surface area contributed by atoms with Crippen molar-refractivity contribution in [3.63, 3.8) is 0 Å². The van der Waals surface area contributed by atoms with Crippen LogP contribution in [0, 0.1) is 6.92 Å². The monoisotopic (exact) mass is 280 g/mol. The van der Waals surface area contributed by atoms with Crippen LogP contribution in [-0.2, 0) is 15.9 Å². The van der Waals surface area contributed by atoms with E-state index >= 15 is 0 Å². The van der Waals surface area contributed by atoms with Gasteiger partial charge in [0.25, 0.3) is 0 Å². The molecular weight excluding hydrogens is 262 g/mol. The molecule has 1 heterocycles. The maximum Gasteiger partial charge on any atom is 0.212 e. The van der Waals surface area contributed by atoms with Crippen molar-refractivity contribution < 1.29 is 19.2 Å². The van der Waals surface area contributed by atoms with Gasteiger partial charge in [-0.3, -0.25) is 0 Å². The van der Waals surface area contributed by atoms with Gasteiger partial charge in [0.05, 0.1) is 0 Å². The first-order valence-corrected chi connectivity index (χ1v) is 7.21. The molecule has 0 saturated carbocycles. The van der Waals surface area contributed by atoms with Crippen LogP contribution in [0.2, 0.25) is 0 Å². The molecule has 0 aliphatic rings. The summed E-state index contributed by atoms with van der Waals surface area (Å²) in [4.78, 5) is 0. The van der Waals surface area contributed by atoms with Crippen molar-refractivity contribution in [3.05, 3.63) is 42.1 Å². The predicted molar refractivity (Wildman–Crippen MR) is 75.4 cm³/mol. The highest BCUT2D eigenvalue weighted by atomic mass is 32.2. The van der Waals surface area contributed by atoms with Crippen LogP contribution in [0.15, 0.2) is 36.5 Å². The van der Waals surface area contributed by atoms with E-state index in [9.17, 15) is 0 Å². The number of para-hydroxylation sites is 1. The number of hydrogen-bond donors (Lipinski definition) is 1. The Labute approximate surface area is 117 Å². The third-order valence-corrected chi connectivity index (χ3v) is 3.71. The molecule has 0 unspecified atom stereocenters. The number of aryl methyl sites for hydroxylation is 2. The molecule has 2 rings (SSSR count). The Morgan fingerprint density at radius 1 is 1.21 bits per heavy atom. The summed E-state index contributed by atoms with van der Waals surface area (Å²) in [5.74, 6) is 0.797. The zero-order valence-corrected chi connectivity index (χ0v) is 11.7. The number of benzene rings is 1. The van der Waals surface area contributed by atoms with Crippen LogP contribution in [0.5, 0.6) is 0 Å². The fraction of sp³-hybridized carbons (Fsp3) is 0.357. The Morgan fingerprint density at radius 3 is 2.89 bits per heavy atom. The van der Waals surface area contributed by atoms with Crippen molar-refractivity contribution in [2.24, 2.45) is 0 Å². The van der Waals surface area contributed by atoms with Gasteiger partial charge < -0.3 is 0 Å². The molecule has 102 valence electrons. The van der Waals surface area contributed by atoms with Crippen molar-refractivity contribution in [1.82, 2.24) is 0 Å². The maximum atomic E-state index is 8.00. The molecule has 1 N–H and O–H groups in total. The summed E-state index contributed by atoms with van der Waals surface area (Å²) in [5, 5.41) is 12.8. The van der Waals surface area contributed by atoms with Crippen molar-refractivity contribution in [1.29, 1.82) is 0 Å². The number of nitrogens with zero attached hydrogens (tertiary/aromatic N) is 1. The van der Waals surface area contributed by atoms with E-state index in [-0.39, 0.29) is 0 Å². The molecule has 1 aromatic carbocycles. The molecule has 0 spiro atoms. The van der Waals surface area contributed by atoms with Crippen LogP contribution in [0.25, 0.3) is 10.9 Å². The molecule has 0 radical (unpaired) electrons. The number of rotatable bonds is 7. The molecule has 1 aromatic heterocycles. The molecule has 0 saturated heterocycles. The number of pyridine rings is 1. The fourth-order valence-electron chi connectivity index (χ4n) is 2.12. The van der Waals surface area contributed by atoms with Crippen LogP contribution in [-0.4, -0.2) is 11.0 Å². The SMILES string of the molecule is Cc1cc[n+](CCCCSOOO)c2ccccc12. The van der Waals surface area contributed by atoms with E-state index in [1.807, 2.05) is 0 Å². The molecule has 0 atom stereocenters. The van der Waals surface area contributed by atoms with Gasteiger partial charge in [0.15, 0.2) is 6.20 Å². The van der Waals surface area contributed by atoms with Gasteiger partial charge in [0, 0.05) is 41.7 Å². The average molecular weight is 280 g/mol. The first-order chi connectivity index (χ1) is 9.33. The molecule has 0 fully saturated rings. The second-order valence-corrected chi connectivity index (χ2v) is 5.16. The van der Waals surface area contributed by atoms with E-state index < -0.39 is 0 Å². The summed E-state index contributed by atoms with van der Waals surface area (Å²) in [7, 11) is 0. The van der Waals surface area contributed by atoms with Gasteiger partial charge in [-0.25, -0.2) is 5.26 Å². The number of hydrogen-bond acceptors (Lipinski definition) is 4. The zero-order valence-electron chi connectivity index (χ0n) is 10.9. The Balaban J connectivity index is 1.96. The summed E-state index contributed by atoms with van der Waals surface area (Å²) in [6.45, 7) is 3.11. The minimum atomic E-state index is 0.797. The number of fused-ring (bicyclic) bond motifs is 1. The van der Waals surface area contributed by atoms with Crippen LogP contribution >= 0.6 is 12.0 Å². The lowest BCUT2D eigenvalue weighted by atomic mass is 10.1. The minimum absolute atomic E-state index is 0.797. The van der Waals surface area contributed by atoms with Crippen molar-refractivity contribution >= 4 is 22.9 Å². The highest BCUT2D eigenvalue weighted by Crippen LogP contribution is 2.14. The van der Waals surface area contributed by atoms with E-state index in [4.69, 9.17) is 5.26 Å². The second-order valence-electron chi connectivity index (χ2n) is 4.38. The molecule has 2 aromatic rings. The van der Waals surface area contributed by atoms with Crippen molar-refractivity contribution in [3.8, 4) is 0 Å². The number of unbranched alkanes of at least 4 members (excludes halogenated alkanes) is 1. The van der Waals surface area contributed by atoms with Gasteiger partial charge in [-0.1, -0.05) is 17.2 Å². The molecule has 5 heteroatoms. The molecule has 19 heavy (non-hydrogen) atoms. The van der Waals surface area contributed by atoms with Crippen molar-refractivity contribution in [2.75, 3.05) is 5.75 Å². The van der Waals surface area contributed by atoms with Gasteiger partial charge >= 0.3 is 0 Å². The lowest BCUT2D eigenvalue weighted by Crippen LogP contribution is -2.34. The first kappa shape index (κ1) is 14.3. The normalized spacial score (nSPS) is 11.1. The Hall–Kier alpha value is -1.14. The fourth-order valence-corrected chi connectivity index (χ4v) is 2.56. The Morgan fingerprint density at radius 2 is 2.05 bits per heavy atom. The lowest BCUT2D eigenvalue weighted by Gasteiger charge is -2.03. The Bertz CT molecular complexity index is 533.